The van der Waals surface area contributed by atoms with Gasteiger partial charge in [0.05, 0.1) is 41.3 Å². The zero-order chi connectivity index (χ0) is 25.6. The highest BCUT2D eigenvalue weighted by Crippen LogP contribution is 2.61. The van der Waals surface area contributed by atoms with Crippen LogP contribution in [0.2, 0.25) is 0 Å². The molecule has 10 nitrogen and oxygen atoms in total. The smallest absolute Gasteiger partial charge is 0.237 e. The van der Waals surface area contributed by atoms with Crippen LogP contribution in [0.5, 0.6) is 5.88 Å². The van der Waals surface area contributed by atoms with E-state index in [9.17, 15) is 13.2 Å². The van der Waals surface area contributed by atoms with Gasteiger partial charge in [-0.05, 0) is 69.0 Å². The monoisotopic (exact) mass is 520 g/mol. The number of fused-ring (bicyclic) bond motifs is 1. The van der Waals surface area contributed by atoms with Crippen LogP contribution in [0.25, 0.3) is 11.3 Å². The van der Waals surface area contributed by atoms with E-state index in [0.717, 1.165) is 5.56 Å². The Balaban J connectivity index is 1.23. The Hall–Kier alpha value is -3.57. The van der Waals surface area contributed by atoms with Crippen molar-refractivity contribution in [1.82, 2.24) is 20.3 Å². The minimum absolute atomic E-state index is 0.103. The van der Waals surface area contributed by atoms with Crippen LogP contribution in [0, 0.1) is 11.8 Å². The van der Waals surface area contributed by atoms with E-state index in [1.165, 1.54) is 0 Å². The molecule has 1 unspecified atom stereocenters. The Labute approximate surface area is 215 Å². The van der Waals surface area contributed by atoms with Gasteiger partial charge in [-0.25, -0.2) is 13.4 Å². The summed E-state index contributed by atoms with van der Waals surface area (Å²) in [6.45, 7) is 3.82. The lowest BCUT2D eigenvalue weighted by atomic mass is 9.93. The minimum Gasteiger partial charge on any atom is -0.477 e. The molecule has 1 amide bonds. The lowest BCUT2D eigenvalue weighted by Crippen LogP contribution is -2.37. The number of benzene rings is 1. The van der Waals surface area contributed by atoms with Crippen LogP contribution in [0.3, 0.4) is 0 Å². The lowest BCUT2D eigenvalue weighted by molar-refractivity contribution is -0.119. The van der Waals surface area contributed by atoms with Gasteiger partial charge in [0.15, 0.2) is 0 Å². The van der Waals surface area contributed by atoms with Crippen molar-refractivity contribution in [3.8, 4) is 17.1 Å². The highest BCUT2D eigenvalue weighted by Gasteiger charge is 2.72. The van der Waals surface area contributed by atoms with Gasteiger partial charge >= 0.3 is 0 Å². The van der Waals surface area contributed by atoms with Crippen molar-refractivity contribution in [2.24, 2.45) is 11.8 Å². The fraction of sp³-hybridized carbons (Fsp3) is 0.385. The van der Waals surface area contributed by atoms with E-state index in [4.69, 9.17) is 4.74 Å². The molecule has 2 aliphatic carbocycles. The summed E-state index contributed by atoms with van der Waals surface area (Å²) in [6.07, 6.45) is 6.17. The Morgan fingerprint density at radius 2 is 1.86 bits per heavy atom. The zero-order valence-corrected chi connectivity index (χ0v) is 21.2. The van der Waals surface area contributed by atoms with Gasteiger partial charge in [-0.1, -0.05) is 12.1 Å². The number of aromatic nitrogens is 3. The number of carbonyl (C=O) groups is 1. The van der Waals surface area contributed by atoms with Crippen LogP contribution >= 0.6 is 0 Å². The number of piperidine rings is 1. The van der Waals surface area contributed by atoms with Gasteiger partial charge in [-0.15, -0.1) is 0 Å². The molecule has 0 spiro atoms. The zero-order valence-electron chi connectivity index (χ0n) is 20.3. The SMILES string of the molecule is CCOc1cncc(-c2ccc(NC(=O)C3(c4cc(NS(=O)(=O)C5CC5)ccn4)[C@@H]4CNC[C@@H]43)cc2)n1. The van der Waals surface area contributed by atoms with Gasteiger partial charge in [0.2, 0.25) is 21.8 Å². The van der Waals surface area contributed by atoms with Crippen molar-refractivity contribution in [2.75, 3.05) is 29.7 Å². The second-order valence-corrected chi connectivity index (χ2v) is 11.7. The van der Waals surface area contributed by atoms with E-state index in [-0.39, 0.29) is 23.0 Å². The molecule has 1 aliphatic heterocycles. The first kappa shape index (κ1) is 23.8. The van der Waals surface area contributed by atoms with E-state index in [0.29, 0.717) is 61.2 Å². The number of ether oxygens (including phenoxy) is 1. The molecule has 3 heterocycles. The summed E-state index contributed by atoms with van der Waals surface area (Å²) in [5, 5.41) is 6.08. The maximum atomic E-state index is 13.7. The molecule has 3 atom stereocenters. The van der Waals surface area contributed by atoms with Crippen LogP contribution < -0.4 is 20.1 Å². The molecular weight excluding hydrogens is 492 g/mol. The Morgan fingerprint density at radius 1 is 1.11 bits per heavy atom. The van der Waals surface area contributed by atoms with Crippen molar-refractivity contribution in [1.29, 1.82) is 0 Å². The van der Waals surface area contributed by atoms with E-state index >= 15 is 0 Å². The Kier molecular flexibility index (Phi) is 5.84. The topological polar surface area (TPSA) is 135 Å². The molecule has 37 heavy (non-hydrogen) atoms. The Morgan fingerprint density at radius 3 is 2.57 bits per heavy atom. The summed E-state index contributed by atoms with van der Waals surface area (Å²) < 4.78 is 33.0. The van der Waals surface area contributed by atoms with Gasteiger partial charge in [0, 0.05) is 17.4 Å². The number of nitrogens with one attached hydrogen (secondary N) is 3. The van der Waals surface area contributed by atoms with Crippen LogP contribution in [0.15, 0.2) is 55.0 Å². The molecule has 2 saturated carbocycles. The third-order valence-electron chi connectivity index (χ3n) is 7.40. The van der Waals surface area contributed by atoms with Crippen molar-refractivity contribution >= 4 is 27.3 Å². The molecule has 3 fully saturated rings. The lowest BCUT2D eigenvalue weighted by Gasteiger charge is -2.21. The van der Waals surface area contributed by atoms with Crippen molar-refractivity contribution in [2.45, 2.75) is 30.4 Å². The molecule has 2 aromatic heterocycles. The first-order chi connectivity index (χ1) is 17.9. The average molecular weight is 521 g/mol. The molecule has 3 aromatic rings. The number of nitrogens with zero attached hydrogens (tertiary/aromatic N) is 3. The highest BCUT2D eigenvalue weighted by atomic mass is 32.2. The quantitative estimate of drug-likeness (QED) is 0.392. The number of pyridine rings is 1. The molecule has 0 radical (unpaired) electrons. The van der Waals surface area contributed by atoms with Crippen molar-refractivity contribution in [3.63, 3.8) is 0 Å². The standard InChI is InChI=1S/C26H28N6O4S/c1-2-36-24-15-28-14-22(31-24)16-3-5-17(6-4-16)30-25(33)26(20-12-27-13-21(20)26)23-11-18(9-10-29-23)32-37(34,35)19-7-8-19/h3-6,9-11,14-15,19-21,27H,2,7-8,12-13H2,1H3,(H,29,32)(H,30,33)/t20-,21+,26?. The molecule has 192 valence electrons. The van der Waals surface area contributed by atoms with Gasteiger partial charge < -0.3 is 15.4 Å². The van der Waals surface area contributed by atoms with Gasteiger partial charge in [0.25, 0.3) is 0 Å². The normalized spacial score (nSPS) is 24.2. The van der Waals surface area contributed by atoms with Gasteiger partial charge in [0.1, 0.15) is 5.41 Å². The molecule has 0 bridgehead atoms. The number of anilines is 2. The molecule has 11 heteroatoms. The summed E-state index contributed by atoms with van der Waals surface area (Å²) in [5.41, 5.74) is 2.43. The van der Waals surface area contributed by atoms with E-state index in [1.807, 2.05) is 31.2 Å². The van der Waals surface area contributed by atoms with Crippen LogP contribution in [0.4, 0.5) is 11.4 Å². The molecule has 3 N–H and O–H groups in total. The van der Waals surface area contributed by atoms with Crippen LogP contribution in [0.1, 0.15) is 25.5 Å². The summed E-state index contributed by atoms with van der Waals surface area (Å²) in [6, 6.07) is 10.8. The molecule has 1 saturated heterocycles. The summed E-state index contributed by atoms with van der Waals surface area (Å²) >= 11 is 0. The summed E-state index contributed by atoms with van der Waals surface area (Å²) in [4.78, 5) is 26.9. The molecule has 1 aromatic carbocycles. The second kappa shape index (κ2) is 9.07. The fourth-order valence-electron chi connectivity index (χ4n) is 5.38. The van der Waals surface area contributed by atoms with Gasteiger partial charge in [-0.2, -0.15) is 0 Å². The largest absolute Gasteiger partial charge is 0.477 e. The maximum Gasteiger partial charge on any atom is 0.237 e. The number of rotatable bonds is 9. The third-order valence-corrected chi connectivity index (χ3v) is 9.27. The summed E-state index contributed by atoms with van der Waals surface area (Å²) in [5.74, 6) is 0.532. The Bertz CT molecular complexity index is 1430. The number of carbonyl (C=O) groups excluding carboxylic acids is 1. The fourth-order valence-corrected chi connectivity index (χ4v) is 6.76. The van der Waals surface area contributed by atoms with Crippen LogP contribution in [-0.2, 0) is 20.2 Å². The maximum absolute atomic E-state index is 13.7. The van der Waals surface area contributed by atoms with E-state index in [2.05, 4.69) is 30.3 Å². The molecule has 6 rings (SSSR count). The first-order valence-electron chi connectivity index (χ1n) is 12.5. The van der Waals surface area contributed by atoms with Crippen molar-refractivity contribution < 1.29 is 17.9 Å². The molecule has 3 aliphatic rings. The summed E-state index contributed by atoms with van der Waals surface area (Å²) in [7, 11) is -3.41. The first-order valence-corrected chi connectivity index (χ1v) is 14.0. The highest BCUT2D eigenvalue weighted by molar-refractivity contribution is 7.93. The number of amides is 1. The number of hydrogen-bond donors (Lipinski definition) is 3. The van der Waals surface area contributed by atoms with E-state index < -0.39 is 15.4 Å². The predicted molar refractivity (Wildman–Crippen MR) is 139 cm³/mol. The second-order valence-electron chi connectivity index (χ2n) is 9.72. The van der Waals surface area contributed by atoms with Crippen LogP contribution in [-0.4, -0.2) is 54.2 Å². The predicted octanol–water partition coefficient (Wildman–Crippen LogP) is 2.57. The van der Waals surface area contributed by atoms with Crippen molar-refractivity contribution in [3.05, 3.63) is 60.7 Å². The van der Waals surface area contributed by atoms with Gasteiger partial charge in [-0.3, -0.25) is 19.5 Å². The van der Waals surface area contributed by atoms with E-state index in [1.54, 1.807) is 30.7 Å². The number of sulfonamides is 1. The molecular formula is C26H28N6O4S. The third kappa shape index (κ3) is 4.31. The number of hydrogen-bond acceptors (Lipinski definition) is 8. The average Bonchev–Trinajstić information content (AvgIpc) is 3.80. The minimum atomic E-state index is -3.41.